The number of aryl methyl sites for hydroxylation is 2. The molecule has 0 aliphatic carbocycles. The van der Waals surface area contributed by atoms with Crippen molar-refractivity contribution in [3.8, 4) is 0 Å². The third kappa shape index (κ3) is 5.67. The number of furan rings is 1. The van der Waals surface area contributed by atoms with Gasteiger partial charge in [-0.1, -0.05) is 6.92 Å². The van der Waals surface area contributed by atoms with Crippen LogP contribution in [0.2, 0.25) is 0 Å². The lowest BCUT2D eigenvalue weighted by molar-refractivity contribution is 0.0953. The summed E-state index contributed by atoms with van der Waals surface area (Å²) in [5.74, 6) is 1.60. The van der Waals surface area contributed by atoms with E-state index in [-0.39, 0.29) is 11.9 Å². The minimum Gasteiger partial charge on any atom is -0.466 e. The minimum absolute atomic E-state index is 0.102. The maximum atomic E-state index is 12.0. The second kappa shape index (κ2) is 8.92. The van der Waals surface area contributed by atoms with Gasteiger partial charge in [-0.15, -0.1) is 0 Å². The van der Waals surface area contributed by atoms with E-state index < -0.39 is 0 Å². The molecule has 2 aromatic rings. The first-order valence-electron chi connectivity index (χ1n) is 8.48. The maximum Gasteiger partial charge on any atom is 0.319 e. The SMILES string of the molecule is CCCNC(=O)c1ccc(NC(=O)NCCc2ccc(C)o2)c(C)c1. The number of amides is 3. The lowest BCUT2D eigenvalue weighted by Crippen LogP contribution is -2.30. The van der Waals surface area contributed by atoms with Gasteiger partial charge < -0.3 is 20.4 Å². The van der Waals surface area contributed by atoms with Gasteiger partial charge in [-0.25, -0.2) is 4.79 Å². The van der Waals surface area contributed by atoms with Crippen LogP contribution >= 0.6 is 0 Å². The molecule has 3 amide bonds. The standard InChI is InChI=1S/C19H25N3O3/c1-4-10-20-18(23)15-6-8-17(13(2)12-15)22-19(24)21-11-9-16-7-5-14(3)25-16/h5-8,12H,4,9-11H2,1-3H3,(H,20,23)(H2,21,22,24). The van der Waals surface area contributed by atoms with Gasteiger partial charge in [0.2, 0.25) is 0 Å². The van der Waals surface area contributed by atoms with Crippen LogP contribution in [0.4, 0.5) is 10.5 Å². The second-order valence-electron chi connectivity index (χ2n) is 5.93. The fourth-order valence-corrected chi connectivity index (χ4v) is 2.37. The van der Waals surface area contributed by atoms with Crippen LogP contribution in [0.3, 0.4) is 0 Å². The highest BCUT2D eigenvalue weighted by atomic mass is 16.3. The Balaban J connectivity index is 1.84. The Labute approximate surface area is 148 Å². The summed E-state index contributed by atoms with van der Waals surface area (Å²) in [6.45, 7) is 6.88. The highest BCUT2D eigenvalue weighted by molar-refractivity contribution is 5.96. The number of benzene rings is 1. The average Bonchev–Trinajstić information content (AvgIpc) is 2.99. The summed E-state index contributed by atoms with van der Waals surface area (Å²) in [6.07, 6.45) is 1.53. The molecule has 0 spiro atoms. The molecule has 0 aliphatic heterocycles. The van der Waals surface area contributed by atoms with Gasteiger partial charge in [0.15, 0.2) is 0 Å². The molecule has 6 heteroatoms. The third-order valence-electron chi connectivity index (χ3n) is 3.73. The van der Waals surface area contributed by atoms with Crippen molar-refractivity contribution >= 4 is 17.6 Å². The molecule has 1 aromatic carbocycles. The van der Waals surface area contributed by atoms with Gasteiger partial charge in [0.1, 0.15) is 11.5 Å². The monoisotopic (exact) mass is 343 g/mol. The molecule has 0 aliphatic rings. The van der Waals surface area contributed by atoms with Crippen molar-refractivity contribution < 1.29 is 14.0 Å². The van der Waals surface area contributed by atoms with Crippen molar-refractivity contribution in [2.24, 2.45) is 0 Å². The van der Waals surface area contributed by atoms with Gasteiger partial charge in [-0.05, 0) is 56.2 Å². The number of hydrogen-bond donors (Lipinski definition) is 3. The Kier molecular flexibility index (Phi) is 6.62. The van der Waals surface area contributed by atoms with Gasteiger partial charge in [-0.3, -0.25) is 4.79 Å². The largest absolute Gasteiger partial charge is 0.466 e. The average molecular weight is 343 g/mol. The van der Waals surface area contributed by atoms with E-state index in [4.69, 9.17) is 4.42 Å². The predicted octanol–water partition coefficient (Wildman–Crippen LogP) is 3.40. The highest BCUT2D eigenvalue weighted by Crippen LogP contribution is 2.16. The van der Waals surface area contributed by atoms with Crippen LogP contribution in [0.15, 0.2) is 34.7 Å². The van der Waals surface area contributed by atoms with Crippen molar-refractivity contribution in [2.75, 3.05) is 18.4 Å². The van der Waals surface area contributed by atoms with E-state index in [9.17, 15) is 9.59 Å². The summed E-state index contributed by atoms with van der Waals surface area (Å²) in [4.78, 5) is 23.9. The Bertz CT molecular complexity index is 737. The smallest absolute Gasteiger partial charge is 0.319 e. The molecule has 1 aromatic heterocycles. The van der Waals surface area contributed by atoms with Gasteiger partial charge >= 0.3 is 6.03 Å². The summed E-state index contributed by atoms with van der Waals surface area (Å²) in [6, 6.07) is 8.74. The van der Waals surface area contributed by atoms with E-state index in [1.807, 2.05) is 32.9 Å². The van der Waals surface area contributed by atoms with E-state index >= 15 is 0 Å². The molecule has 134 valence electrons. The van der Waals surface area contributed by atoms with Crippen molar-refractivity contribution in [1.29, 1.82) is 0 Å². The topological polar surface area (TPSA) is 83.4 Å². The molecule has 0 saturated heterocycles. The summed E-state index contributed by atoms with van der Waals surface area (Å²) in [5, 5.41) is 8.42. The van der Waals surface area contributed by atoms with Crippen LogP contribution in [0.25, 0.3) is 0 Å². The van der Waals surface area contributed by atoms with Gasteiger partial charge in [0, 0.05) is 30.8 Å². The first-order valence-corrected chi connectivity index (χ1v) is 8.48. The molecule has 1 heterocycles. The fourth-order valence-electron chi connectivity index (χ4n) is 2.37. The Morgan fingerprint density at radius 1 is 1.04 bits per heavy atom. The van der Waals surface area contributed by atoms with Gasteiger partial charge in [-0.2, -0.15) is 0 Å². The number of carbonyl (C=O) groups excluding carboxylic acids is 2. The van der Waals surface area contributed by atoms with E-state index in [1.165, 1.54) is 0 Å². The Hall–Kier alpha value is -2.76. The molecular formula is C19H25N3O3. The molecule has 25 heavy (non-hydrogen) atoms. The minimum atomic E-state index is -0.283. The number of urea groups is 1. The van der Waals surface area contributed by atoms with Crippen molar-refractivity contribution in [1.82, 2.24) is 10.6 Å². The summed E-state index contributed by atoms with van der Waals surface area (Å²) < 4.78 is 5.46. The molecule has 3 N–H and O–H groups in total. The van der Waals surface area contributed by atoms with Gasteiger partial charge in [0.05, 0.1) is 0 Å². The van der Waals surface area contributed by atoms with Crippen molar-refractivity contribution in [3.05, 3.63) is 53.0 Å². The molecular weight excluding hydrogens is 318 g/mol. The van der Waals surface area contributed by atoms with Crippen LogP contribution in [0.1, 0.15) is 40.8 Å². The maximum absolute atomic E-state index is 12.0. The van der Waals surface area contributed by atoms with Crippen LogP contribution < -0.4 is 16.0 Å². The zero-order valence-corrected chi connectivity index (χ0v) is 14.9. The Morgan fingerprint density at radius 3 is 2.48 bits per heavy atom. The summed E-state index contributed by atoms with van der Waals surface area (Å²) in [7, 11) is 0. The first kappa shape index (κ1) is 18.6. The Morgan fingerprint density at radius 2 is 1.84 bits per heavy atom. The summed E-state index contributed by atoms with van der Waals surface area (Å²) in [5.41, 5.74) is 2.10. The van der Waals surface area contributed by atoms with Gasteiger partial charge in [0.25, 0.3) is 5.91 Å². The zero-order chi connectivity index (χ0) is 18.2. The molecule has 0 bridgehead atoms. The van der Waals surface area contributed by atoms with Crippen molar-refractivity contribution in [3.63, 3.8) is 0 Å². The molecule has 0 saturated carbocycles. The van der Waals surface area contributed by atoms with E-state index in [0.29, 0.717) is 30.8 Å². The molecule has 0 atom stereocenters. The number of rotatable bonds is 7. The number of hydrogen-bond acceptors (Lipinski definition) is 3. The normalized spacial score (nSPS) is 10.4. The molecule has 0 fully saturated rings. The van der Waals surface area contributed by atoms with E-state index in [1.54, 1.807) is 18.2 Å². The van der Waals surface area contributed by atoms with Crippen LogP contribution in [-0.2, 0) is 6.42 Å². The lowest BCUT2D eigenvalue weighted by atomic mass is 10.1. The van der Waals surface area contributed by atoms with Crippen LogP contribution in [0.5, 0.6) is 0 Å². The zero-order valence-electron chi connectivity index (χ0n) is 14.9. The number of anilines is 1. The number of nitrogens with one attached hydrogen (secondary N) is 3. The van der Waals surface area contributed by atoms with Crippen LogP contribution in [-0.4, -0.2) is 25.0 Å². The molecule has 0 radical (unpaired) electrons. The van der Waals surface area contributed by atoms with E-state index in [0.717, 1.165) is 23.5 Å². The predicted molar refractivity (Wildman–Crippen MR) is 98.0 cm³/mol. The summed E-state index contributed by atoms with van der Waals surface area (Å²) >= 11 is 0. The number of carbonyl (C=O) groups is 2. The highest BCUT2D eigenvalue weighted by Gasteiger charge is 2.09. The van der Waals surface area contributed by atoms with Crippen molar-refractivity contribution in [2.45, 2.75) is 33.6 Å². The lowest BCUT2D eigenvalue weighted by Gasteiger charge is -2.11. The molecule has 6 nitrogen and oxygen atoms in total. The second-order valence-corrected chi connectivity index (χ2v) is 5.93. The molecule has 2 rings (SSSR count). The quantitative estimate of drug-likeness (QED) is 0.720. The molecule has 0 unspecified atom stereocenters. The van der Waals surface area contributed by atoms with E-state index in [2.05, 4.69) is 16.0 Å². The third-order valence-corrected chi connectivity index (χ3v) is 3.73. The fraction of sp³-hybridized carbons (Fsp3) is 0.368. The first-order chi connectivity index (χ1) is 12.0. The van der Waals surface area contributed by atoms with Crippen LogP contribution in [0, 0.1) is 13.8 Å².